The Kier molecular flexibility index (Phi) is 8.36. The van der Waals surface area contributed by atoms with Gasteiger partial charge in [0.25, 0.3) is 11.8 Å². The highest BCUT2D eigenvalue weighted by atomic mass is 32.2. The van der Waals surface area contributed by atoms with Crippen molar-refractivity contribution in [3.05, 3.63) is 77.6 Å². The summed E-state index contributed by atoms with van der Waals surface area (Å²) in [7, 11) is 1.49. The summed E-state index contributed by atoms with van der Waals surface area (Å²) in [6.07, 6.45) is 3.40. The number of carbonyl (C=O) groups is 2. The van der Waals surface area contributed by atoms with Crippen LogP contribution in [0.5, 0.6) is 11.5 Å². The first-order valence-electron chi connectivity index (χ1n) is 9.89. The maximum absolute atomic E-state index is 12.5. The van der Waals surface area contributed by atoms with Crippen LogP contribution in [-0.4, -0.2) is 41.2 Å². The molecule has 0 unspecified atom stereocenters. The zero-order chi connectivity index (χ0) is 23.6. The Balaban J connectivity index is 1.59. The number of carbonyl (C=O) groups excluding carboxylic acids is 2. The lowest BCUT2D eigenvalue weighted by Gasteiger charge is -2.11. The second-order valence-corrected chi connectivity index (χ2v) is 7.72. The zero-order valence-corrected chi connectivity index (χ0v) is 19.0. The van der Waals surface area contributed by atoms with E-state index in [0.29, 0.717) is 39.2 Å². The third-order valence-corrected chi connectivity index (χ3v) is 5.35. The second kappa shape index (κ2) is 11.6. The minimum atomic E-state index is -0.585. The lowest BCUT2D eigenvalue weighted by atomic mass is 10.1. The molecule has 33 heavy (non-hydrogen) atoms. The molecule has 2 aromatic carbocycles. The van der Waals surface area contributed by atoms with Gasteiger partial charge < -0.3 is 15.2 Å². The van der Waals surface area contributed by atoms with Crippen LogP contribution in [0.2, 0.25) is 0 Å². The quantitative estimate of drug-likeness (QED) is 0.204. The number of amides is 2. The SMILES string of the molecule is COc1cc(C(C)=NNC(=O)c2ccc(CSc3ncccn3)cc2)ccc1OCC(N)=O. The Bertz CT molecular complexity index is 1140. The molecular formula is C23H23N5O4S. The third-order valence-electron chi connectivity index (χ3n) is 4.40. The molecule has 170 valence electrons. The minimum Gasteiger partial charge on any atom is -0.493 e. The summed E-state index contributed by atoms with van der Waals surface area (Å²) >= 11 is 1.52. The van der Waals surface area contributed by atoms with Gasteiger partial charge in [0.2, 0.25) is 0 Å². The number of ether oxygens (including phenoxy) is 2. The molecular weight excluding hydrogens is 442 g/mol. The number of hydrazone groups is 1. The van der Waals surface area contributed by atoms with Crippen LogP contribution in [0.3, 0.4) is 0 Å². The van der Waals surface area contributed by atoms with Gasteiger partial charge in [0.05, 0.1) is 12.8 Å². The number of methoxy groups -OCH3 is 1. The van der Waals surface area contributed by atoms with Crippen molar-refractivity contribution in [1.82, 2.24) is 15.4 Å². The maximum atomic E-state index is 12.5. The summed E-state index contributed by atoms with van der Waals surface area (Å²) in [5, 5.41) is 4.88. The zero-order valence-electron chi connectivity index (χ0n) is 18.1. The summed E-state index contributed by atoms with van der Waals surface area (Å²) in [6, 6.07) is 14.1. The van der Waals surface area contributed by atoms with E-state index in [2.05, 4.69) is 20.5 Å². The molecule has 0 saturated heterocycles. The number of thioether (sulfide) groups is 1. The van der Waals surface area contributed by atoms with Crippen LogP contribution in [0.25, 0.3) is 0 Å². The fourth-order valence-electron chi connectivity index (χ4n) is 2.68. The van der Waals surface area contributed by atoms with Crippen molar-refractivity contribution in [2.24, 2.45) is 10.8 Å². The fourth-order valence-corrected chi connectivity index (χ4v) is 3.44. The minimum absolute atomic E-state index is 0.254. The molecule has 0 aliphatic carbocycles. The Morgan fingerprint density at radius 2 is 1.76 bits per heavy atom. The highest BCUT2D eigenvalue weighted by Crippen LogP contribution is 2.28. The third kappa shape index (κ3) is 7.04. The molecule has 0 spiro atoms. The van der Waals surface area contributed by atoms with Gasteiger partial charge in [-0.15, -0.1) is 0 Å². The standard InChI is InChI=1S/C23H23N5O4S/c1-15(18-8-9-19(20(12-18)31-2)32-13-21(24)29)27-28-22(30)17-6-4-16(5-7-17)14-33-23-25-10-3-11-26-23/h3-12H,13-14H2,1-2H3,(H2,24,29)(H,28,30). The molecule has 10 heteroatoms. The Morgan fingerprint density at radius 1 is 1.06 bits per heavy atom. The van der Waals surface area contributed by atoms with Crippen molar-refractivity contribution in [2.75, 3.05) is 13.7 Å². The van der Waals surface area contributed by atoms with Gasteiger partial charge in [0, 0.05) is 29.3 Å². The van der Waals surface area contributed by atoms with Crippen molar-refractivity contribution in [1.29, 1.82) is 0 Å². The molecule has 0 radical (unpaired) electrons. The van der Waals surface area contributed by atoms with Gasteiger partial charge in [-0.3, -0.25) is 9.59 Å². The molecule has 0 aliphatic rings. The van der Waals surface area contributed by atoms with Gasteiger partial charge in [-0.2, -0.15) is 5.10 Å². The number of nitrogens with zero attached hydrogens (tertiary/aromatic N) is 3. The van der Waals surface area contributed by atoms with E-state index in [4.69, 9.17) is 15.2 Å². The summed E-state index contributed by atoms with van der Waals surface area (Å²) in [4.78, 5) is 31.7. The largest absolute Gasteiger partial charge is 0.493 e. The van der Waals surface area contributed by atoms with Crippen LogP contribution in [0, 0.1) is 0 Å². The normalized spacial score (nSPS) is 11.0. The molecule has 0 fully saturated rings. The first-order valence-corrected chi connectivity index (χ1v) is 10.9. The van der Waals surface area contributed by atoms with Crippen LogP contribution in [0.4, 0.5) is 0 Å². The number of rotatable bonds is 10. The molecule has 3 N–H and O–H groups in total. The predicted molar refractivity (Wildman–Crippen MR) is 125 cm³/mol. The molecule has 1 heterocycles. The predicted octanol–water partition coefficient (Wildman–Crippen LogP) is 2.80. The van der Waals surface area contributed by atoms with Gasteiger partial charge in [-0.1, -0.05) is 23.9 Å². The average Bonchev–Trinajstić information content (AvgIpc) is 2.85. The average molecular weight is 466 g/mol. The van der Waals surface area contributed by atoms with Crippen molar-refractivity contribution >= 4 is 29.3 Å². The lowest BCUT2D eigenvalue weighted by molar-refractivity contribution is -0.119. The molecule has 1 aromatic heterocycles. The molecule has 9 nitrogen and oxygen atoms in total. The van der Waals surface area contributed by atoms with Crippen molar-refractivity contribution in [2.45, 2.75) is 17.8 Å². The van der Waals surface area contributed by atoms with Crippen molar-refractivity contribution in [3.8, 4) is 11.5 Å². The van der Waals surface area contributed by atoms with Gasteiger partial charge in [-0.05, 0) is 48.9 Å². The number of nitrogens with one attached hydrogen (secondary N) is 1. The van der Waals surface area contributed by atoms with E-state index in [0.717, 1.165) is 5.56 Å². The summed E-state index contributed by atoms with van der Waals surface area (Å²) in [5.74, 6) is 0.592. The monoisotopic (exact) mass is 465 g/mol. The molecule has 0 saturated carbocycles. The first-order chi connectivity index (χ1) is 16.0. The van der Waals surface area contributed by atoms with Crippen molar-refractivity contribution in [3.63, 3.8) is 0 Å². The van der Waals surface area contributed by atoms with Gasteiger partial charge in [-0.25, -0.2) is 15.4 Å². The molecule has 2 amide bonds. The summed E-state index contributed by atoms with van der Waals surface area (Å²) < 4.78 is 10.6. The Labute approximate surface area is 195 Å². The highest BCUT2D eigenvalue weighted by Gasteiger charge is 2.10. The number of benzene rings is 2. The van der Waals surface area contributed by atoms with E-state index in [1.54, 1.807) is 55.7 Å². The molecule has 3 rings (SSSR count). The number of hydrogen-bond donors (Lipinski definition) is 2. The van der Waals surface area contributed by atoms with E-state index in [-0.39, 0.29) is 12.5 Å². The van der Waals surface area contributed by atoms with Crippen LogP contribution in [-0.2, 0) is 10.5 Å². The smallest absolute Gasteiger partial charge is 0.271 e. The lowest BCUT2D eigenvalue weighted by Crippen LogP contribution is -2.20. The van der Waals surface area contributed by atoms with Crippen LogP contribution < -0.4 is 20.6 Å². The van der Waals surface area contributed by atoms with Gasteiger partial charge in [0.15, 0.2) is 23.3 Å². The molecule has 0 bridgehead atoms. The van der Waals surface area contributed by atoms with Crippen LogP contribution in [0.15, 0.2) is 71.2 Å². The topological polar surface area (TPSA) is 129 Å². The van der Waals surface area contributed by atoms with Crippen LogP contribution >= 0.6 is 11.8 Å². The van der Waals surface area contributed by atoms with Gasteiger partial charge >= 0.3 is 0 Å². The van der Waals surface area contributed by atoms with Crippen LogP contribution in [0.1, 0.15) is 28.4 Å². The van der Waals surface area contributed by atoms with Crippen molar-refractivity contribution < 1.29 is 19.1 Å². The number of primary amides is 1. The van der Waals surface area contributed by atoms with E-state index >= 15 is 0 Å². The van der Waals surface area contributed by atoms with Gasteiger partial charge in [0.1, 0.15) is 0 Å². The molecule has 0 atom stereocenters. The molecule has 3 aromatic rings. The number of aromatic nitrogens is 2. The summed E-state index contributed by atoms with van der Waals surface area (Å²) in [5.41, 5.74) is 10.5. The van der Waals surface area contributed by atoms with E-state index in [1.165, 1.54) is 18.9 Å². The first kappa shape index (κ1) is 23.7. The number of hydrogen-bond acceptors (Lipinski definition) is 8. The van der Waals surface area contributed by atoms with E-state index < -0.39 is 5.91 Å². The summed E-state index contributed by atoms with van der Waals surface area (Å²) in [6.45, 7) is 1.50. The molecule has 0 aliphatic heterocycles. The second-order valence-electron chi connectivity index (χ2n) is 6.78. The van der Waals surface area contributed by atoms with E-state index in [1.807, 2.05) is 12.1 Å². The Hall–Kier alpha value is -3.92. The van der Waals surface area contributed by atoms with E-state index in [9.17, 15) is 9.59 Å². The number of nitrogens with two attached hydrogens (primary N) is 1. The Morgan fingerprint density at radius 3 is 2.42 bits per heavy atom. The fraction of sp³-hybridized carbons (Fsp3) is 0.174. The highest BCUT2D eigenvalue weighted by molar-refractivity contribution is 7.98. The maximum Gasteiger partial charge on any atom is 0.271 e.